The SMILES string of the molecule is O=C(NCc1ccc(F)cc1)C(Cc1ccccc1)NS(=O)(=O)c1ccc(Br)cc1. The number of hydrogen-bond acceptors (Lipinski definition) is 3. The highest BCUT2D eigenvalue weighted by Crippen LogP contribution is 2.16. The molecule has 0 fully saturated rings. The van der Waals surface area contributed by atoms with E-state index >= 15 is 0 Å². The van der Waals surface area contributed by atoms with Gasteiger partial charge in [0, 0.05) is 11.0 Å². The second kappa shape index (κ2) is 9.97. The Kier molecular flexibility index (Phi) is 7.36. The Labute approximate surface area is 183 Å². The molecule has 0 aliphatic rings. The minimum atomic E-state index is -3.91. The van der Waals surface area contributed by atoms with Crippen molar-refractivity contribution in [2.24, 2.45) is 0 Å². The fourth-order valence-electron chi connectivity index (χ4n) is 2.82. The van der Waals surface area contributed by atoms with Gasteiger partial charge in [-0.15, -0.1) is 0 Å². The third-order valence-corrected chi connectivity index (χ3v) is 6.42. The van der Waals surface area contributed by atoms with E-state index < -0.39 is 22.0 Å². The molecule has 1 atom stereocenters. The lowest BCUT2D eigenvalue weighted by Gasteiger charge is -2.19. The molecule has 0 saturated heterocycles. The molecule has 5 nitrogen and oxygen atoms in total. The van der Waals surface area contributed by atoms with E-state index in [0.29, 0.717) is 5.56 Å². The predicted octanol–water partition coefficient (Wildman–Crippen LogP) is 3.79. The van der Waals surface area contributed by atoms with Crippen molar-refractivity contribution in [2.75, 3.05) is 0 Å². The van der Waals surface area contributed by atoms with Gasteiger partial charge in [0.25, 0.3) is 0 Å². The molecule has 0 aromatic heterocycles. The van der Waals surface area contributed by atoms with Crippen molar-refractivity contribution in [3.05, 3.63) is 100 Å². The van der Waals surface area contributed by atoms with E-state index in [1.165, 1.54) is 24.3 Å². The fraction of sp³-hybridized carbons (Fsp3) is 0.136. The molecule has 156 valence electrons. The van der Waals surface area contributed by atoms with Crippen LogP contribution in [0.2, 0.25) is 0 Å². The lowest BCUT2D eigenvalue weighted by Crippen LogP contribution is -2.47. The van der Waals surface area contributed by atoms with E-state index in [2.05, 4.69) is 26.0 Å². The van der Waals surface area contributed by atoms with Crippen LogP contribution >= 0.6 is 15.9 Å². The van der Waals surface area contributed by atoms with E-state index in [-0.39, 0.29) is 23.7 Å². The van der Waals surface area contributed by atoms with Crippen molar-refractivity contribution in [1.29, 1.82) is 0 Å². The second-order valence-electron chi connectivity index (χ2n) is 6.66. The fourth-order valence-corrected chi connectivity index (χ4v) is 4.28. The maximum atomic E-state index is 13.1. The van der Waals surface area contributed by atoms with Crippen molar-refractivity contribution >= 4 is 31.9 Å². The molecule has 3 aromatic carbocycles. The van der Waals surface area contributed by atoms with Crippen LogP contribution in [0.25, 0.3) is 0 Å². The largest absolute Gasteiger partial charge is 0.351 e. The molecule has 3 aromatic rings. The molecular formula is C22H20BrFN2O3S. The summed E-state index contributed by atoms with van der Waals surface area (Å²) in [5.41, 5.74) is 1.52. The van der Waals surface area contributed by atoms with Crippen LogP contribution in [0.15, 0.2) is 88.2 Å². The first kappa shape index (κ1) is 22.1. The van der Waals surface area contributed by atoms with Gasteiger partial charge in [0.15, 0.2) is 0 Å². The van der Waals surface area contributed by atoms with Crippen LogP contribution in [0.3, 0.4) is 0 Å². The summed E-state index contributed by atoms with van der Waals surface area (Å²) in [5.74, 6) is -0.835. The van der Waals surface area contributed by atoms with Gasteiger partial charge in [-0.25, -0.2) is 12.8 Å². The number of amides is 1. The van der Waals surface area contributed by atoms with Gasteiger partial charge in [0.05, 0.1) is 4.90 Å². The normalized spacial score (nSPS) is 12.3. The van der Waals surface area contributed by atoms with Gasteiger partial charge in [-0.1, -0.05) is 58.4 Å². The van der Waals surface area contributed by atoms with E-state index in [1.807, 2.05) is 30.3 Å². The number of carbonyl (C=O) groups excluding carboxylic acids is 1. The van der Waals surface area contributed by atoms with Crippen LogP contribution in [0.5, 0.6) is 0 Å². The highest BCUT2D eigenvalue weighted by atomic mass is 79.9. The summed E-state index contributed by atoms with van der Waals surface area (Å²) >= 11 is 3.27. The molecule has 0 aliphatic heterocycles. The van der Waals surface area contributed by atoms with Crippen molar-refractivity contribution in [3.8, 4) is 0 Å². The summed E-state index contributed by atoms with van der Waals surface area (Å²) in [6.07, 6.45) is 0.186. The van der Waals surface area contributed by atoms with Gasteiger partial charge >= 0.3 is 0 Å². The molecule has 0 saturated carbocycles. The lowest BCUT2D eigenvalue weighted by atomic mass is 10.1. The van der Waals surface area contributed by atoms with E-state index in [0.717, 1.165) is 10.0 Å². The summed E-state index contributed by atoms with van der Waals surface area (Å²) in [6.45, 7) is 0.157. The summed E-state index contributed by atoms with van der Waals surface area (Å²) < 4.78 is 41.9. The first-order valence-electron chi connectivity index (χ1n) is 9.17. The van der Waals surface area contributed by atoms with Gasteiger partial charge in [-0.05, 0) is 53.9 Å². The molecule has 0 aliphatic carbocycles. The smallest absolute Gasteiger partial charge is 0.241 e. The Morgan fingerprint density at radius 2 is 1.53 bits per heavy atom. The Hall–Kier alpha value is -2.55. The molecule has 30 heavy (non-hydrogen) atoms. The molecule has 2 N–H and O–H groups in total. The van der Waals surface area contributed by atoms with Crippen LogP contribution in [-0.4, -0.2) is 20.4 Å². The Balaban J connectivity index is 1.77. The van der Waals surface area contributed by atoms with Crippen molar-refractivity contribution < 1.29 is 17.6 Å². The maximum absolute atomic E-state index is 13.1. The first-order chi connectivity index (χ1) is 14.3. The Morgan fingerprint density at radius 1 is 0.900 bits per heavy atom. The van der Waals surface area contributed by atoms with Crippen molar-refractivity contribution in [3.63, 3.8) is 0 Å². The molecule has 3 rings (SSSR count). The summed E-state index contributed by atoms with van der Waals surface area (Å²) in [6, 6.07) is 20.0. The average molecular weight is 491 g/mol. The zero-order valence-corrected chi connectivity index (χ0v) is 18.3. The van der Waals surface area contributed by atoms with Crippen LogP contribution in [-0.2, 0) is 27.8 Å². The number of sulfonamides is 1. The van der Waals surface area contributed by atoms with Gasteiger partial charge in [-0.2, -0.15) is 4.72 Å². The minimum absolute atomic E-state index is 0.0649. The van der Waals surface area contributed by atoms with E-state index in [9.17, 15) is 17.6 Å². The number of benzene rings is 3. The first-order valence-corrected chi connectivity index (χ1v) is 11.4. The second-order valence-corrected chi connectivity index (χ2v) is 9.29. The monoisotopic (exact) mass is 490 g/mol. The van der Waals surface area contributed by atoms with Crippen LogP contribution in [0.4, 0.5) is 4.39 Å². The zero-order valence-electron chi connectivity index (χ0n) is 15.9. The third-order valence-electron chi connectivity index (χ3n) is 4.40. The summed E-state index contributed by atoms with van der Waals surface area (Å²) in [4.78, 5) is 12.9. The molecule has 8 heteroatoms. The Bertz CT molecular complexity index is 1090. The summed E-state index contributed by atoms with van der Waals surface area (Å²) in [7, 11) is -3.91. The third kappa shape index (κ3) is 6.22. The highest BCUT2D eigenvalue weighted by Gasteiger charge is 2.26. The molecule has 0 heterocycles. The summed E-state index contributed by atoms with van der Waals surface area (Å²) in [5, 5.41) is 2.73. The number of rotatable bonds is 8. The average Bonchev–Trinajstić information content (AvgIpc) is 2.73. The van der Waals surface area contributed by atoms with Crippen molar-refractivity contribution in [2.45, 2.75) is 23.9 Å². The maximum Gasteiger partial charge on any atom is 0.241 e. The molecule has 0 spiro atoms. The molecule has 1 amide bonds. The predicted molar refractivity (Wildman–Crippen MR) is 117 cm³/mol. The number of halogens is 2. The van der Waals surface area contributed by atoms with Gasteiger partial charge < -0.3 is 5.32 Å². The number of hydrogen-bond donors (Lipinski definition) is 2. The Morgan fingerprint density at radius 3 is 2.17 bits per heavy atom. The van der Waals surface area contributed by atoms with Crippen molar-refractivity contribution in [1.82, 2.24) is 10.0 Å². The highest BCUT2D eigenvalue weighted by molar-refractivity contribution is 9.10. The van der Waals surface area contributed by atoms with Gasteiger partial charge in [0.1, 0.15) is 11.9 Å². The number of carbonyl (C=O) groups is 1. The van der Waals surface area contributed by atoms with Crippen LogP contribution in [0.1, 0.15) is 11.1 Å². The molecule has 0 radical (unpaired) electrons. The van der Waals surface area contributed by atoms with Crippen LogP contribution in [0, 0.1) is 5.82 Å². The quantitative estimate of drug-likeness (QED) is 0.504. The lowest BCUT2D eigenvalue weighted by molar-refractivity contribution is -0.122. The zero-order chi connectivity index (χ0) is 21.6. The van der Waals surface area contributed by atoms with Gasteiger partial charge in [-0.3, -0.25) is 4.79 Å². The minimum Gasteiger partial charge on any atom is -0.351 e. The van der Waals surface area contributed by atoms with Crippen LogP contribution < -0.4 is 10.0 Å². The molecule has 0 bridgehead atoms. The standard InChI is InChI=1S/C22H20BrFN2O3S/c23-18-8-12-20(13-9-18)30(28,29)26-21(14-16-4-2-1-3-5-16)22(27)25-15-17-6-10-19(24)11-7-17/h1-13,21,26H,14-15H2,(H,25,27). The molecular weight excluding hydrogens is 471 g/mol. The van der Waals surface area contributed by atoms with Gasteiger partial charge in [0.2, 0.25) is 15.9 Å². The van der Waals surface area contributed by atoms with E-state index in [1.54, 1.807) is 24.3 Å². The topological polar surface area (TPSA) is 75.3 Å². The molecule has 1 unspecified atom stereocenters. The number of nitrogens with one attached hydrogen (secondary N) is 2. The van der Waals surface area contributed by atoms with E-state index in [4.69, 9.17) is 0 Å².